The van der Waals surface area contributed by atoms with Crippen LogP contribution in [0.15, 0.2) is 144 Å². The van der Waals surface area contributed by atoms with Crippen molar-refractivity contribution >= 4 is 57.7 Å². The standard InChI is InChI=1S/C44H40N4O3S2/c1-28(2)32-24-20-31(21-25-32)26-38(46-41(49)35-14-9-6-10-15-35)42(50)45-36-16-11-17-37(27-36)53-40(34-12-7-5-8-13-34)43(51)48-44-47-39(30(4)52-44)33-22-18-29(3)19-23-33/h5-28,40H,1-4H3,(H,45,50)(H,46,49)(H,47,48,51)/b38-26+. The van der Waals surface area contributed by atoms with Crippen molar-refractivity contribution < 1.29 is 14.4 Å². The first-order chi connectivity index (χ1) is 25.6. The summed E-state index contributed by atoms with van der Waals surface area (Å²) in [5.74, 6) is -0.726. The molecule has 1 unspecified atom stereocenters. The zero-order valence-electron chi connectivity index (χ0n) is 29.9. The second-order valence-electron chi connectivity index (χ2n) is 12.9. The van der Waals surface area contributed by atoms with E-state index in [0.29, 0.717) is 22.3 Å². The lowest BCUT2D eigenvalue weighted by atomic mass is 10.0. The van der Waals surface area contributed by atoms with Crippen LogP contribution in [0, 0.1) is 13.8 Å². The summed E-state index contributed by atoms with van der Waals surface area (Å²) in [5.41, 5.74) is 6.83. The monoisotopic (exact) mass is 736 g/mol. The predicted molar refractivity (Wildman–Crippen MR) is 218 cm³/mol. The van der Waals surface area contributed by atoms with E-state index in [0.717, 1.165) is 32.2 Å². The molecule has 9 heteroatoms. The number of nitrogens with zero attached hydrogens (tertiary/aromatic N) is 1. The average Bonchev–Trinajstić information content (AvgIpc) is 3.53. The van der Waals surface area contributed by atoms with Crippen LogP contribution < -0.4 is 16.0 Å². The van der Waals surface area contributed by atoms with Gasteiger partial charge in [-0.05, 0) is 72.9 Å². The molecule has 0 spiro atoms. The molecule has 6 aromatic rings. The molecule has 0 aliphatic rings. The Balaban J connectivity index is 1.22. The second kappa shape index (κ2) is 17.2. The van der Waals surface area contributed by atoms with E-state index in [2.05, 4.69) is 29.8 Å². The number of thioether (sulfide) groups is 1. The summed E-state index contributed by atoms with van der Waals surface area (Å²) in [6, 6.07) is 41.7. The Kier molecular flexibility index (Phi) is 12.0. The maximum absolute atomic E-state index is 13.9. The Hall–Kier alpha value is -5.77. The number of carbonyl (C=O) groups is 3. The Morgan fingerprint density at radius 3 is 2.09 bits per heavy atom. The number of nitrogens with one attached hydrogen (secondary N) is 3. The minimum atomic E-state index is -0.608. The number of thiazole rings is 1. The number of aryl methyl sites for hydroxylation is 2. The molecule has 1 heterocycles. The molecule has 6 rings (SSSR count). The SMILES string of the molecule is Cc1ccc(-c2nc(NC(=O)C(Sc3cccc(NC(=O)/C(=C\c4ccc(C(C)C)cc4)NC(=O)c4ccccc4)c3)c3ccccc3)sc2C)cc1. The number of benzene rings is 5. The fraction of sp³-hybridized carbons (Fsp3) is 0.136. The molecule has 3 N–H and O–H groups in total. The molecule has 5 aromatic carbocycles. The molecule has 3 amide bonds. The van der Waals surface area contributed by atoms with Crippen LogP contribution >= 0.6 is 23.1 Å². The topological polar surface area (TPSA) is 100 Å². The van der Waals surface area contributed by atoms with Gasteiger partial charge in [0.1, 0.15) is 10.9 Å². The molecule has 1 aromatic heterocycles. The molecule has 0 fully saturated rings. The zero-order valence-corrected chi connectivity index (χ0v) is 31.6. The van der Waals surface area contributed by atoms with Crippen molar-refractivity contribution in [2.45, 2.75) is 43.8 Å². The second-order valence-corrected chi connectivity index (χ2v) is 15.3. The number of hydrogen-bond acceptors (Lipinski definition) is 6. The fourth-order valence-corrected chi connectivity index (χ4v) is 7.49. The number of aromatic nitrogens is 1. The van der Waals surface area contributed by atoms with E-state index >= 15 is 0 Å². The molecule has 0 aliphatic carbocycles. The normalized spacial score (nSPS) is 11.9. The molecule has 0 saturated heterocycles. The maximum Gasteiger partial charge on any atom is 0.272 e. The summed E-state index contributed by atoms with van der Waals surface area (Å²) < 4.78 is 0. The van der Waals surface area contributed by atoms with E-state index in [4.69, 9.17) is 4.98 Å². The van der Waals surface area contributed by atoms with E-state index in [-0.39, 0.29) is 11.6 Å². The highest BCUT2D eigenvalue weighted by atomic mass is 32.2. The van der Waals surface area contributed by atoms with Crippen LogP contribution in [-0.2, 0) is 9.59 Å². The van der Waals surface area contributed by atoms with Crippen molar-refractivity contribution in [1.82, 2.24) is 10.3 Å². The van der Waals surface area contributed by atoms with Gasteiger partial charge in [-0.1, -0.05) is 123 Å². The number of carbonyl (C=O) groups excluding carboxylic acids is 3. The molecule has 0 radical (unpaired) electrons. The number of rotatable bonds is 12. The van der Waals surface area contributed by atoms with Crippen LogP contribution in [-0.4, -0.2) is 22.7 Å². The first-order valence-corrected chi connectivity index (χ1v) is 19.0. The number of anilines is 2. The summed E-state index contributed by atoms with van der Waals surface area (Å²) in [6.07, 6.45) is 1.67. The molecule has 0 aliphatic heterocycles. The zero-order chi connectivity index (χ0) is 37.3. The van der Waals surface area contributed by atoms with Gasteiger partial charge in [-0.15, -0.1) is 23.1 Å². The molecule has 0 bridgehead atoms. The third-order valence-corrected chi connectivity index (χ3v) is 10.6. The van der Waals surface area contributed by atoms with Gasteiger partial charge in [0.2, 0.25) is 5.91 Å². The van der Waals surface area contributed by atoms with Crippen LogP contribution in [0.2, 0.25) is 0 Å². The van der Waals surface area contributed by atoms with Gasteiger partial charge in [-0.2, -0.15) is 0 Å². The molecule has 53 heavy (non-hydrogen) atoms. The Bertz CT molecular complexity index is 2230. The predicted octanol–water partition coefficient (Wildman–Crippen LogP) is 10.4. The molecular weight excluding hydrogens is 697 g/mol. The molecular formula is C44H40N4O3S2. The van der Waals surface area contributed by atoms with E-state index < -0.39 is 17.1 Å². The lowest BCUT2D eigenvalue weighted by molar-refractivity contribution is -0.116. The number of hydrogen-bond donors (Lipinski definition) is 3. The van der Waals surface area contributed by atoms with Crippen LogP contribution in [0.3, 0.4) is 0 Å². The van der Waals surface area contributed by atoms with Crippen molar-refractivity contribution in [2.24, 2.45) is 0 Å². The summed E-state index contributed by atoms with van der Waals surface area (Å²) in [5, 5.41) is 8.75. The third kappa shape index (κ3) is 9.77. The minimum absolute atomic E-state index is 0.0968. The number of amides is 3. The van der Waals surface area contributed by atoms with Gasteiger partial charge < -0.3 is 16.0 Å². The Labute approximate surface area is 318 Å². The summed E-state index contributed by atoms with van der Waals surface area (Å²) in [6.45, 7) is 8.29. The van der Waals surface area contributed by atoms with Crippen LogP contribution in [0.25, 0.3) is 17.3 Å². The molecule has 0 saturated carbocycles. The largest absolute Gasteiger partial charge is 0.321 e. The van der Waals surface area contributed by atoms with E-state index in [9.17, 15) is 14.4 Å². The lowest BCUT2D eigenvalue weighted by Crippen LogP contribution is -2.30. The van der Waals surface area contributed by atoms with Gasteiger partial charge in [0.25, 0.3) is 11.8 Å². The highest BCUT2D eigenvalue weighted by Crippen LogP contribution is 2.38. The minimum Gasteiger partial charge on any atom is -0.321 e. The van der Waals surface area contributed by atoms with Crippen molar-refractivity contribution in [1.29, 1.82) is 0 Å². The van der Waals surface area contributed by atoms with Crippen molar-refractivity contribution in [3.05, 3.63) is 172 Å². The van der Waals surface area contributed by atoms with E-state index in [1.807, 2.05) is 117 Å². The van der Waals surface area contributed by atoms with Crippen LogP contribution in [0.4, 0.5) is 10.8 Å². The van der Waals surface area contributed by atoms with Crippen molar-refractivity contribution in [3.8, 4) is 11.3 Å². The molecule has 266 valence electrons. The third-order valence-electron chi connectivity index (χ3n) is 8.48. The molecule has 1 atom stereocenters. The van der Waals surface area contributed by atoms with Gasteiger partial charge in [-0.3, -0.25) is 14.4 Å². The highest BCUT2D eigenvalue weighted by Gasteiger charge is 2.24. The van der Waals surface area contributed by atoms with Gasteiger partial charge in [-0.25, -0.2) is 4.98 Å². The van der Waals surface area contributed by atoms with Crippen LogP contribution in [0.5, 0.6) is 0 Å². The van der Waals surface area contributed by atoms with Crippen molar-refractivity contribution in [3.63, 3.8) is 0 Å². The lowest BCUT2D eigenvalue weighted by Gasteiger charge is -2.17. The maximum atomic E-state index is 13.9. The van der Waals surface area contributed by atoms with Gasteiger partial charge in [0, 0.05) is 26.6 Å². The van der Waals surface area contributed by atoms with Crippen LogP contribution in [0.1, 0.15) is 62.5 Å². The highest BCUT2D eigenvalue weighted by molar-refractivity contribution is 8.00. The summed E-state index contributed by atoms with van der Waals surface area (Å²) in [4.78, 5) is 47.5. The van der Waals surface area contributed by atoms with E-state index in [1.165, 1.54) is 34.2 Å². The van der Waals surface area contributed by atoms with E-state index in [1.54, 1.807) is 36.4 Å². The molecule has 7 nitrogen and oxygen atoms in total. The van der Waals surface area contributed by atoms with Crippen molar-refractivity contribution in [2.75, 3.05) is 10.6 Å². The fourth-order valence-electron chi connectivity index (χ4n) is 5.57. The first kappa shape index (κ1) is 37.0. The summed E-state index contributed by atoms with van der Waals surface area (Å²) in [7, 11) is 0. The first-order valence-electron chi connectivity index (χ1n) is 17.3. The smallest absolute Gasteiger partial charge is 0.272 e. The van der Waals surface area contributed by atoms with Gasteiger partial charge >= 0.3 is 0 Å². The van der Waals surface area contributed by atoms with Gasteiger partial charge in [0.05, 0.1) is 5.69 Å². The quantitative estimate of drug-likeness (QED) is 0.0858. The average molecular weight is 737 g/mol. The Morgan fingerprint density at radius 1 is 0.736 bits per heavy atom. The summed E-state index contributed by atoms with van der Waals surface area (Å²) >= 11 is 2.81. The van der Waals surface area contributed by atoms with Gasteiger partial charge in [0.15, 0.2) is 5.13 Å². The Morgan fingerprint density at radius 2 is 1.42 bits per heavy atom.